The molecule has 0 fully saturated rings. The lowest BCUT2D eigenvalue weighted by Gasteiger charge is -2.16. The smallest absolute Gasteiger partial charge is 0.249 e. The zero-order valence-corrected chi connectivity index (χ0v) is 15.3. The van der Waals surface area contributed by atoms with E-state index >= 15 is 0 Å². The Morgan fingerprint density at radius 3 is 2.88 bits per heavy atom. The summed E-state index contributed by atoms with van der Waals surface area (Å²) in [6.45, 7) is 6.05. The molecule has 1 aliphatic heterocycles. The fourth-order valence-electron chi connectivity index (χ4n) is 2.55. The molecule has 0 bridgehead atoms. The first-order chi connectivity index (χ1) is 11.3. The van der Waals surface area contributed by atoms with Crippen molar-refractivity contribution in [2.45, 2.75) is 52.4 Å². The number of ether oxygens (including phenoxy) is 1. The van der Waals surface area contributed by atoms with Gasteiger partial charge in [0.2, 0.25) is 15.9 Å². The van der Waals surface area contributed by atoms with Crippen LogP contribution in [0.1, 0.15) is 38.1 Å². The summed E-state index contributed by atoms with van der Waals surface area (Å²) in [5.74, 6) is -0.176. The summed E-state index contributed by atoms with van der Waals surface area (Å²) in [6.07, 6.45) is 2.31. The van der Waals surface area contributed by atoms with Crippen molar-refractivity contribution in [2.75, 3.05) is 19.4 Å². The predicted molar refractivity (Wildman–Crippen MR) is 89.6 cm³/mol. The Balaban J connectivity index is 1.96. The Bertz CT molecular complexity index is 671. The number of fused-ring (bicyclic) bond motifs is 1. The fraction of sp³-hybridized carbons (Fsp3) is 0.733. The summed E-state index contributed by atoms with van der Waals surface area (Å²) >= 11 is 0. The second-order valence-electron chi connectivity index (χ2n) is 6.03. The quantitative estimate of drug-likeness (QED) is 0.765. The summed E-state index contributed by atoms with van der Waals surface area (Å²) in [6, 6.07) is 1.85. The van der Waals surface area contributed by atoms with Gasteiger partial charge in [0.05, 0.1) is 30.7 Å². The highest BCUT2D eigenvalue weighted by atomic mass is 32.2. The lowest BCUT2D eigenvalue weighted by molar-refractivity contribution is -0.131. The van der Waals surface area contributed by atoms with Gasteiger partial charge in [-0.15, -0.1) is 0 Å². The number of hydrogen-bond donors (Lipinski definition) is 1. The molecule has 1 atom stereocenters. The van der Waals surface area contributed by atoms with Gasteiger partial charge in [0.25, 0.3) is 0 Å². The van der Waals surface area contributed by atoms with Crippen LogP contribution in [0, 0.1) is 0 Å². The molecule has 0 saturated carbocycles. The van der Waals surface area contributed by atoms with E-state index in [0.29, 0.717) is 32.8 Å². The molecule has 24 heavy (non-hydrogen) atoms. The number of nitrogens with one attached hydrogen (secondary N) is 1. The molecule has 0 aromatic carbocycles. The van der Waals surface area contributed by atoms with Crippen molar-refractivity contribution < 1.29 is 17.9 Å². The van der Waals surface area contributed by atoms with Crippen LogP contribution < -0.4 is 5.32 Å². The second-order valence-corrected chi connectivity index (χ2v) is 8.01. The van der Waals surface area contributed by atoms with Crippen molar-refractivity contribution in [2.24, 2.45) is 0 Å². The molecule has 1 unspecified atom stereocenters. The van der Waals surface area contributed by atoms with Crippen molar-refractivity contribution >= 4 is 15.9 Å². The monoisotopic (exact) mass is 358 g/mol. The van der Waals surface area contributed by atoms with E-state index in [-0.39, 0.29) is 5.91 Å². The van der Waals surface area contributed by atoms with Gasteiger partial charge < -0.3 is 10.1 Å². The van der Waals surface area contributed by atoms with E-state index in [1.807, 2.05) is 17.7 Å². The predicted octanol–water partition coefficient (Wildman–Crippen LogP) is 0.480. The van der Waals surface area contributed by atoms with E-state index in [1.54, 1.807) is 6.92 Å². The maximum atomic E-state index is 11.9. The summed E-state index contributed by atoms with van der Waals surface area (Å²) in [5, 5.41) is 7.26. The molecule has 1 amide bonds. The molecule has 0 spiro atoms. The van der Waals surface area contributed by atoms with Crippen molar-refractivity contribution in [3.63, 3.8) is 0 Å². The normalized spacial score (nSPS) is 17.1. The number of sulfonamides is 1. The SMILES string of the molecule is CCCOC(C)C(=O)NCc1cc2n(n1)CCCN(S(C)(=O)=O)C2. The lowest BCUT2D eigenvalue weighted by atomic mass is 10.3. The van der Waals surface area contributed by atoms with Crippen LogP contribution in [0.15, 0.2) is 6.07 Å². The minimum atomic E-state index is -3.22. The van der Waals surface area contributed by atoms with Gasteiger partial charge >= 0.3 is 0 Å². The van der Waals surface area contributed by atoms with Gasteiger partial charge in [0.1, 0.15) is 6.10 Å². The molecule has 1 N–H and O–H groups in total. The minimum Gasteiger partial charge on any atom is -0.369 e. The molecule has 136 valence electrons. The second kappa shape index (κ2) is 8.09. The molecule has 1 aromatic heterocycles. The third kappa shape index (κ3) is 5.02. The first-order valence-electron chi connectivity index (χ1n) is 8.21. The molecular formula is C15H26N4O4S. The topological polar surface area (TPSA) is 93.5 Å². The summed E-state index contributed by atoms with van der Waals surface area (Å²) in [4.78, 5) is 11.9. The summed E-state index contributed by atoms with van der Waals surface area (Å²) in [7, 11) is -3.22. The molecule has 2 rings (SSSR count). The largest absolute Gasteiger partial charge is 0.369 e. The Morgan fingerprint density at radius 1 is 1.46 bits per heavy atom. The summed E-state index contributed by atoms with van der Waals surface area (Å²) in [5.41, 5.74) is 1.56. The standard InChI is InChI=1S/C15H26N4O4S/c1-4-8-23-12(2)15(20)16-10-13-9-14-11-18(24(3,21)22)6-5-7-19(14)17-13/h9,12H,4-8,10-11H2,1-3H3,(H,16,20). The fourth-order valence-corrected chi connectivity index (χ4v) is 3.38. The van der Waals surface area contributed by atoms with Gasteiger partial charge in [-0.3, -0.25) is 9.48 Å². The van der Waals surface area contributed by atoms with Crippen LogP contribution in [0.2, 0.25) is 0 Å². The number of aromatic nitrogens is 2. The number of carbonyl (C=O) groups excluding carboxylic acids is 1. The maximum Gasteiger partial charge on any atom is 0.249 e. The van der Waals surface area contributed by atoms with Crippen molar-refractivity contribution in [1.29, 1.82) is 0 Å². The lowest BCUT2D eigenvalue weighted by Crippen LogP contribution is -2.34. The van der Waals surface area contributed by atoms with Crippen molar-refractivity contribution in [3.05, 3.63) is 17.5 Å². The summed E-state index contributed by atoms with van der Waals surface area (Å²) < 4.78 is 32.2. The first-order valence-corrected chi connectivity index (χ1v) is 10.1. The first kappa shape index (κ1) is 18.9. The van der Waals surface area contributed by atoms with E-state index in [1.165, 1.54) is 10.6 Å². The highest BCUT2D eigenvalue weighted by Gasteiger charge is 2.23. The van der Waals surface area contributed by atoms with Gasteiger partial charge in [-0.2, -0.15) is 9.40 Å². The average molecular weight is 358 g/mol. The molecule has 2 heterocycles. The van der Waals surface area contributed by atoms with Crippen LogP contribution in [0.3, 0.4) is 0 Å². The van der Waals surface area contributed by atoms with Crippen molar-refractivity contribution in [1.82, 2.24) is 19.4 Å². The maximum absolute atomic E-state index is 11.9. The molecule has 0 radical (unpaired) electrons. The number of amides is 1. The van der Waals surface area contributed by atoms with Gasteiger partial charge in [-0.25, -0.2) is 8.42 Å². The zero-order chi connectivity index (χ0) is 17.7. The van der Waals surface area contributed by atoms with Crippen LogP contribution >= 0.6 is 0 Å². The van der Waals surface area contributed by atoms with Crippen LogP contribution in [-0.2, 0) is 39.2 Å². The molecule has 9 heteroatoms. The molecule has 0 aliphatic carbocycles. The Morgan fingerprint density at radius 2 is 2.21 bits per heavy atom. The van der Waals surface area contributed by atoms with Crippen LogP contribution in [0.5, 0.6) is 0 Å². The molecule has 8 nitrogen and oxygen atoms in total. The molecule has 1 aromatic rings. The zero-order valence-electron chi connectivity index (χ0n) is 14.5. The van der Waals surface area contributed by atoms with E-state index < -0.39 is 16.1 Å². The third-order valence-electron chi connectivity index (χ3n) is 3.88. The minimum absolute atomic E-state index is 0.176. The van der Waals surface area contributed by atoms with E-state index in [0.717, 1.165) is 24.2 Å². The number of hydrogen-bond acceptors (Lipinski definition) is 5. The van der Waals surface area contributed by atoms with Crippen LogP contribution in [-0.4, -0.2) is 53.9 Å². The van der Waals surface area contributed by atoms with E-state index in [9.17, 15) is 13.2 Å². The van der Waals surface area contributed by atoms with Gasteiger partial charge in [0.15, 0.2) is 0 Å². The third-order valence-corrected chi connectivity index (χ3v) is 5.13. The highest BCUT2D eigenvalue weighted by Crippen LogP contribution is 2.16. The van der Waals surface area contributed by atoms with Crippen molar-refractivity contribution in [3.8, 4) is 0 Å². The Hall–Kier alpha value is -1.45. The number of aryl methyl sites for hydroxylation is 1. The molecule has 0 saturated heterocycles. The van der Waals surface area contributed by atoms with Gasteiger partial charge in [0, 0.05) is 19.7 Å². The number of nitrogens with zero attached hydrogens (tertiary/aromatic N) is 3. The highest BCUT2D eigenvalue weighted by molar-refractivity contribution is 7.88. The van der Waals surface area contributed by atoms with Gasteiger partial charge in [-0.05, 0) is 25.8 Å². The Kier molecular flexibility index (Phi) is 6.36. The average Bonchev–Trinajstić information content (AvgIpc) is 2.79. The van der Waals surface area contributed by atoms with Gasteiger partial charge in [-0.1, -0.05) is 6.92 Å². The number of carbonyl (C=O) groups is 1. The van der Waals surface area contributed by atoms with E-state index in [4.69, 9.17) is 4.74 Å². The molecule has 1 aliphatic rings. The van der Waals surface area contributed by atoms with Crippen LogP contribution in [0.25, 0.3) is 0 Å². The Labute approximate surface area is 143 Å². The van der Waals surface area contributed by atoms with E-state index in [2.05, 4.69) is 10.4 Å². The molecular weight excluding hydrogens is 332 g/mol. The number of rotatable bonds is 7. The van der Waals surface area contributed by atoms with Crippen LogP contribution in [0.4, 0.5) is 0 Å².